The van der Waals surface area contributed by atoms with E-state index in [4.69, 9.17) is 16.3 Å². The molecule has 1 N–H and O–H groups in total. The fourth-order valence-electron chi connectivity index (χ4n) is 3.03. The lowest BCUT2D eigenvalue weighted by Gasteiger charge is -2.27. The van der Waals surface area contributed by atoms with Gasteiger partial charge in [0.1, 0.15) is 5.75 Å². The number of aromatic nitrogens is 2. The second kappa shape index (κ2) is 6.41. The molecule has 1 aliphatic rings. The van der Waals surface area contributed by atoms with Crippen LogP contribution < -0.4 is 4.74 Å². The standard InChI is InChI=1S/C19H17ClN2O3/c20-13-7-8-18(25-14-3-1-4-14)12(9-13)11-22-17-6-2-5-15(19(23)24)16(17)10-21-22/h2,5-10,14H,1,3-4,11H2,(H,23,24). The Morgan fingerprint density at radius 3 is 2.88 bits per heavy atom. The molecule has 0 amide bonds. The summed E-state index contributed by atoms with van der Waals surface area (Å²) in [6.45, 7) is 0.467. The third kappa shape index (κ3) is 3.07. The molecule has 3 aromatic rings. The Hall–Kier alpha value is -2.53. The largest absolute Gasteiger partial charge is 0.490 e. The predicted octanol–water partition coefficient (Wildman–Crippen LogP) is 4.37. The van der Waals surface area contributed by atoms with Crippen LogP contribution in [0.25, 0.3) is 10.9 Å². The van der Waals surface area contributed by atoms with Gasteiger partial charge in [0.05, 0.1) is 29.9 Å². The van der Waals surface area contributed by atoms with Crippen molar-refractivity contribution in [3.63, 3.8) is 0 Å². The first-order valence-electron chi connectivity index (χ1n) is 8.25. The molecule has 0 radical (unpaired) electrons. The summed E-state index contributed by atoms with van der Waals surface area (Å²) in [5, 5.41) is 15.0. The van der Waals surface area contributed by atoms with E-state index in [1.54, 1.807) is 23.0 Å². The molecule has 5 nitrogen and oxygen atoms in total. The van der Waals surface area contributed by atoms with Crippen LogP contribution in [0.3, 0.4) is 0 Å². The number of hydrogen-bond donors (Lipinski definition) is 1. The molecule has 0 aliphatic heterocycles. The number of carbonyl (C=O) groups is 1. The molecular weight excluding hydrogens is 340 g/mol. The number of aromatic carboxylic acids is 1. The van der Waals surface area contributed by atoms with Gasteiger partial charge in [-0.1, -0.05) is 17.7 Å². The van der Waals surface area contributed by atoms with Gasteiger partial charge in [-0.2, -0.15) is 5.10 Å². The first kappa shape index (κ1) is 16.0. The van der Waals surface area contributed by atoms with Crippen LogP contribution in [0.15, 0.2) is 42.6 Å². The highest BCUT2D eigenvalue weighted by Crippen LogP contribution is 2.30. The summed E-state index contributed by atoms with van der Waals surface area (Å²) in [5.41, 5.74) is 1.96. The Labute approximate surface area is 149 Å². The Balaban J connectivity index is 1.70. The lowest BCUT2D eigenvalue weighted by atomic mass is 9.96. The Bertz CT molecular complexity index is 947. The number of nitrogens with zero attached hydrogens (tertiary/aromatic N) is 2. The van der Waals surface area contributed by atoms with Gasteiger partial charge >= 0.3 is 5.97 Å². The van der Waals surface area contributed by atoms with Crippen molar-refractivity contribution in [2.45, 2.75) is 31.9 Å². The van der Waals surface area contributed by atoms with E-state index in [-0.39, 0.29) is 11.7 Å². The molecule has 1 aromatic heterocycles. The number of carboxylic acids is 1. The van der Waals surface area contributed by atoms with Gasteiger partial charge in [-0.3, -0.25) is 4.68 Å². The molecule has 1 heterocycles. The maximum atomic E-state index is 11.4. The summed E-state index contributed by atoms with van der Waals surface area (Å²) >= 11 is 6.16. The molecule has 1 aliphatic carbocycles. The van der Waals surface area contributed by atoms with Crippen molar-refractivity contribution < 1.29 is 14.6 Å². The van der Waals surface area contributed by atoms with Crippen molar-refractivity contribution in [3.8, 4) is 5.75 Å². The van der Waals surface area contributed by atoms with Crippen molar-refractivity contribution in [2.24, 2.45) is 0 Å². The molecule has 25 heavy (non-hydrogen) atoms. The second-order valence-corrected chi connectivity index (χ2v) is 6.70. The first-order valence-corrected chi connectivity index (χ1v) is 8.62. The topological polar surface area (TPSA) is 64.3 Å². The van der Waals surface area contributed by atoms with Gasteiger partial charge in [0.25, 0.3) is 0 Å². The van der Waals surface area contributed by atoms with E-state index < -0.39 is 5.97 Å². The summed E-state index contributed by atoms with van der Waals surface area (Å²) in [7, 11) is 0. The normalized spacial score (nSPS) is 14.4. The number of ether oxygens (including phenoxy) is 1. The van der Waals surface area contributed by atoms with Gasteiger partial charge in [0.15, 0.2) is 0 Å². The zero-order valence-corrected chi connectivity index (χ0v) is 14.2. The van der Waals surface area contributed by atoms with Crippen molar-refractivity contribution in [1.29, 1.82) is 0 Å². The van der Waals surface area contributed by atoms with E-state index in [0.29, 0.717) is 17.0 Å². The molecule has 128 valence electrons. The van der Waals surface area contributed by atoms with Crippen LogP contribution in [-0.2, 0) is 6.54 Å². The van der Waals surface area contributed by atoms with E-state index in [0.717, 1.165) is 29.7 Å². The van der Waals surface area contributed by atoms with Gasteiger partial charge in [0, 0.05) is 16.0 Å². The molecule has 0 unspecified atom stereocenters. The maximum absolute atomic E-state index is 11.4. The number of fused-ring (bicyclic) bond motifs is 1. The van der Waals surface area contributed by atoms with Crippen molar-refractivity contribution in [1.82, 2.24) is 9.78 Å². The minimum Gasteiger partial charge on any atom is -0.490 e. The number of rotatable bonds is 5. The van der Waals surface area contributed by atoms with E-state index in [1.807, 2.05) is 24.3 Å². The smallest absolute Gasteiger partial charge is 0.336 e. The summed E-state index contributed by atoms with van der Waals surface area (Å²) in [6.07, 6.45) is 5.22. The maximum Gasteiger partial charge on any atom is 0.336 e. The van der Waals surface area contributed by atoms with E-state index >= 15 is 0 Å². The molecule has 1 saturated carbocycles. The lowest BCUT2D eigenvalue weighted by molar-refractivity contribution is 0.0699. The zero-order valence-electron chi connectivity index (χ0n) is 13.5. The SMILES string of the molecule is O=C(O)c1cccc2c1cnn2Cc1cc(Cl)ccc1OC1CCC1. The quantitative estimate of drug-likeness (QED) is 0.737. The van der Waals surface area contributed by atoms with Crippen LogP contribution >= 0.6 is 11.6 Å². The Kier molecular flexibility index (Phi) is 4.09. The highest BCUT2D eigenvalue weighted by atomic mass is 35.5. The number of halogens is 1. The summed E-state index contributed by atoms with van der Waals surface area (Å²) < 4.78 is 7.84. The highest BCUT2D eigenvalue weighted by molar-refractivity contribution is 6.30. The van der Waals surface area contributed by atoms with Gasteiger partial charge < -0.3 is 9.84 Å². The summed E-state index contributed by atoms with van der Waals surface area (Å²) in [4.78, 5) is 11.4. The van der Waals surface area contributed by atoms with Gasteiger partial charge in [-0.05, 0) is 49.6 Å². The van der Waals surface area contributed by atoms with Crippen molar-refractivity contribution >= 4 is 28.5 Å². The van der Waals surface area contributed by atoms with Crippen LogP contribution in [0.5, 0.6) is 5.75 Å². The minimum atomic E-state index is -0.957. The molecule has 0 bridgehead atoms. The number of benzene rings is 2. The van der Waals surface area contributed by atoms with Crippen molar-refractivity contribution in [2.75, 3.05) is 0 Å². The third-order valence-electron chi connectivity index (χ3n) is 4.61. The van der Waals surface area contributed by atoms with E-state index in [1.165, 1.54) is 6.42 Å². The average molecular weight is 357 g/mol. The molecular formula is C19H17ClN2O3. The molecule has 2 aromatic carbocycles. The Morgan fingerprint density at radius 1 is 1.32 bits per heavy atom. The zero-order chi connectivity index (χ0) is 17.4. The Morgan fingerprint density at radius 2 is 2.16 bits per heavy atom. The molecule has 0 atom stereocenters. The van der Waals surface area contributed by atoms with Crippen LogP contribution in [0.2, 0.25) is 5.02 Å². The number of carboxylic acid groups (broad SMARTS) is 1. The third-order valence-corrected chi connectivity index (χ3v) is 4.84. The highest BCUT2D eigenvalue weighted by Gasteiger charge is 2.21. The fraction of sp³-hybridized carbons (Fsp3) is 0.263. The molecule has 0 spiro atoms. The van der Waals surface area contributed by atoms with E-state index in [2.05, 4.69) is 5.10 Å². The molecule has 6 heteroatoms. The second-order valence-electron chi connectivity index (χ2n) is 6.27. The number of hydrogen-bond acceptors (Lipinski definition) is 3. The summed E-state index contributed by atoms with van der Waals surface area (Å²) in [5.74, 6) is -0.144. The molecule has 1 fully saturated rings. The van der Waals surface area contributed by atoms with Crippen LogP contribution in [0.1, 0.15) is 35.2 Å². The van der Waals surface area contributed by atoms with Crippen LogP contribution in [0.4, 0.5) is 0 Å². The average Bonchev–Trinajstić information content (AvgIpc) is 2.95. The predicted molar refractivity (Wildman–Crippen MR) is 95.5 cm³/mol. The monoisotopic (exact) mass is 356 g/mol. The molecule has 4 rings (SSSR count). The summed E-state index contributed by atoms with van der Waals surface area (Å²) in [6, 6.07) is 10.8. The van der Waals surface area contributed by atoms with Crippen molar-refractivity contribution in [3.05, 3.63) is 58.7 Å². The lowest BCUT2D eigenvalue weighted by Crippen LogP contribution is -2.25. The fourth-order valence-corrected chi connectivity index (χ4v) is 3.23. The minimum absolute atomic E-state index is 0.251. The van der Waals surface area contributed by atoms with E-state index in [9.17, 15) is 9.90 Å². The van der Waals surface area contributed by atoms with Gasteiger partial charge in [0.2, 0.25) is 0 Å². The molecule has 0 saturated heterocycles. The first-order chi connectivity index (χ1) is 12.1. The van der Waals surface area contributed by atoms with Crippen LogP contribution in [-0.4, -0.2) is 27.0 Å². The van der Waals surface area contributed by atoms with Crippen LogP contribution in [0, 0.1) is 0 Å². The van der Waals surface area contributed by atoms with Gasteiger partial charge in [-0.15, -0.1) is 0 Å². The van der Waals surface area contributed by atoms with Gasteiger partial charge in [-0.25, -0.2) is 4.79 Å².